The van der Waals surface area contributed by atoms with Gasteiger partial charge in [0.2, 0.25) is 10.0 Å². The van der Waals surface area contributed by atoms with Gasteiger partial charge in [-0.1, -0.05) is 78.9 Å². The number of halogens is 1. The number of pyridine rings is 1. The number of hydrogen-bond donors (Lipinski definition) is 3. The summed E-state index contributed by atoms with van der Waals surface area (Å²) < 4.78 is 53.1. The zero-order chi connectivity index (χ0) is 36.5. The Kier molecular flexibility index (Phi) is 11.8. The summed E-state index contributed by atoms with van der Waals surface area (Å²) in [6, 6.07) is 37.4. The SMILES string of the molecule is CS(=O)(=O)Nc1cc(C(O)CN(Cc2ccccc2)[C@H](CO)Cc2ccc(Oc3ccnc4ccc(F)cc34)cc2)ccc1OCc1ccccc1. The molecule has 0 aliphatic rings. The van der Waals surface area contributed by atoms with Gasteiger partial charge in [-0.15, -0.1) is 0 Å². The van der Waals surface area contributed by atoms with Crippen LogP contribution in [-0.4, -0.2) is 54.0 Å². The van der Waals surface area contributed by atoms with Gasteiger partial charge in [-0.25, -0.2) is 12.8 Å². The van der Waals surface area contributed by atoms with Gasteiger partial charge in [0, 0.05) is 30.7 Å². The molecule has 5 aromatic carbocycles. The van der Waals surface area contributed by atoms with Gasteiger partial charge in [-0.05, 0) is 77.2 Å². The molecule has 0 amide bonds. The smallest absolute Gasteiger partial charge is 0.229 e. The first kappa shape index (κ1) is 36.5. The largest absolute Gasteiger partial charge is 0.487 e. The topological polar surface area (TPSA) is 121 Å². The first-order valence-electron chi connectivity index (χ1n) is 16.8. The van der Waals surface area contributed by atoms with Crippen LogP contribution in [0.2, 0.25) is 0 Å². The molecule has 0 radical (unpaired) electrons. The second kappa shape index (κ2) is 16.8. The minimum absolute atomic E-state index is 0.148. The third-order valence-electron chi connectivity index (χ3n) is 8.57. The summed E-state index contributed by atoms with van der Waals surface area (Å²) in [5.74, 6) is 1.000. The number of nitrogens with one attached hydrogen (secondary N) is 1. The van der Waals surface area contributed by atoms with E-state index in [-0.39, 0.29) is 37.3 Å². The molecule has 0 spiro atoms. The van der Waals surface area contributed by atoms with Crippen LogP contribution in [0.5, 0.6) is 17.2 Å². The van der Waals surface area contributed by atoms with Crippen molar-refractivity contribution in [2.24, 2.45) is 0 Å². The van der Waals surface area contributed by atoms with Crippen molar-refractivity contribution >= 4 is 26.6 Å². The van der Waals surface area contributed by atoms with E-state index in [1.165, 1.54) is 12.1 Å². The number of fused-ring (bicyclic) bond motifs is 1. The van der Waals surface area contributed by atoms with Crippen LogP contribution in [0.25, 0.3) is 10.9 Å². The number of aliphatic hydroxyl groups is 2. The molecule has 1 aromatic heterocycles. The van der Waals surface area contributed by atoms with Crippen LogP contribution < -0.4 is 14.2 Å². The maximum atomic E-state index is 14.0. The number of anilines is 1. The van der Waals surface area contributed by atoms with Gasteiger partial charge in [0.1, 0.15) is 29.7 Å². The number of ether oxygens (including phenoxy) is 2. The molecule has 3 N–H and O–H groups in total. The Labute approximate surface area is 303 Å². The first-order valence-corrected chi connectivity index (χ1v) is 18.7. The van der Waals surface area contributed by atoms with Gasteiger partial charge in [0.25, 0.3) is 0 Å². The molecule has 0 aliphatic heterocycles. The van der Waals surface area contributed by atoms with E-state index in [9.17, 15) is 23.0 Å². The molecule has 6 aromatic rings. The van der Waals surface area contributed by atoms with Gasteiger partial charge in [-0.2, -0.15) is 0 Å². The highest BCUT2D eigenvalue weighted by molar-refractivity contribution is 7.92. The summed E-state index contributed by atoms with van der Waals surface area (Å²) in [5, 5.41) is 22.8. The highest BCUT2D eigenvalue weighted by Crippen LogP contribution is 2.32. The van der Waals surface area contributed by atoms with Gasteiger partial charge in [0.15, 0.2) is 0 Å². The van der Waals surface area contributed by atoms with E-state index in [1.807, 2.05) is 89.8 Å². The van der Waals surface area contributed by atoms with Gasteiger partial charge in [0.05, 0.1) is 30.2 Å². The van der Waals surface area contributed by atoms with Crippen LogP contribution in [-0.2, 0) is 29.6 Å². The lowest BCUT2D eigenvalue weighted by molar-refractivity contribution is 0.0566. The van der Waals surface area contributed by atoms with Crippen molar-refractivity contribution in [3.05, 3.63) is 162 Å². The van der Waals surface area contributed by atoms with Crippen LogP contribution in [0.4, 0.5) is 10.1 Å². The Bertz CT molecular complexity index is 2190. The number of aliphatic hydroxyl groups excluding tert-OH is 2. The van der Waals surface area contributed by atoms with E-state index in [1.54, 1.807) is 36.5 Å². The summed E-state index contributed by atoms with van der Waals surface area (Å²) in [7, 11) is -3.66. The van der Waals surface area contributed by atoms with Crippen molar-refractivity contribution in [1.29, 1.82) is 0 Å². The van der Waals surface area contributed by atoms with Crippen LogP contribution in [0.3, 0.4) is 0 Å². The summed E-state index contributed by atoms with van der Waals surface area (Å²) >= 11 is 0. The maximum Gasteiger partial charge on any atom is 0.229 e. The van der Waals surface area contributed by atoms with Crippen molar-refractivity contribution in [2.75, 3.05) is 24.1 Å². The molecule has 0 bridgehead atoms. The van der Waals surface area contributed by atoms with Crippen LogP contribution in [0, 0.1) is 5.82 Å². The van der Waals surface area contributed by atoms with Crippen molar-refractivity contribution < 1.29 is 32.5 Å². The zero-order valence-corrected chi connectivity index (χ0v) is 29.4. The van der Waals surface area contributed by atoms with E-state index in [0.717, 1.165) is 22.9 Å². The number of hydrogen-bond acceptors (Lipinski definition) is 8. The quantitative estimate of drug-likeness (QED) is 0.0956. The summed E-state index contributed by atoms with van der Waals surface area (Å²) in [6.45, 7) is 0.649. The Morgan fingerprint density at radius 2 is 1.54 bits per heavy atom. The van der Waals surface area contributed by atoms with E-state index in [2.05, 4.69) is 9.71 Å². The monoisotopic (exact) mass is 721 g/mol. The predicted octanol–water partition coefficient (Wildman–Crippen LogP) is 7.26. The van der Waals surface area contributed by atoms with Crippen molar-refractivity contribution in [3.8, 4) is 17.2 Å². The van der Waals surface area contributed by atoms with Gasteiger partial charge >= 0.3 is 0 Å². The molecule has 1 heterocycles. The molecule has 0 saturated heterocycles. The molecular weight excluding hydrogens is 682 g/mol. The Morgan fingerprint density at radius 3 is 2.23 bits per heavy atom. The summed E-state index contributed by atoms with van der Waals surface area (Å²) in [6.07, 6.45) is 2.11. The number of sulfonamides is 1. The molecule has 2 atom stereocenters. The Morgan fingerprint density at radius 1 is 0.827 bits per heavy atom. The minimum atomic E-state index is -3.66. The van der Waals surface area contributed by atoms with Crippen LogP contribution >= 0.6 is 0 Å². The Balaban J connectivity index is 1.20. The third kappa shape index (κ3) is 9.92. The molecule has 268 valence electrons. The molecule has 11 heteroatoms. The molecule has 0 aliphatic carbocycles. The second-order valence-corrected chi connectivity index (χ2v) is 14.3. The number of nitrogens with zero attached hydrogens (tertiary/aromatic N) is 2. The normalized spacial score (nSPS) is 12.8. The molecule has 52 heavy (non-hydrogen) atoms. The average molecular weight is 722 g/mol. The number of rotatable bonds is 16. The van der Waals surface area contributed by atoms with Crippen LogP contribution in [0.15, 0.2) is 134 Å². The lowest BCUT2D eigenvalue weighted by Crippen LogP contribution is -2.41. The molecule has 0 fully saturated rings. The predicted molar refractivity (Wildman–Crippen MR) is 200 cm³/mol. The van der Waals surface area contributed by atoms with E-state index in [0.29, 0.717) is 46.7 Å². The lowest BCUT2D eigenvalue weighted by atomic mass is 10.0. The maximum absolute atomic E-state index is 14.0. The van der Waals surface area contributed by atoms with Crippen molar-refractivity contribution in [2.45, 2.75) is 31.7 Å². The van der Waals surface area contributed by atoms with Crippen molar-refractivity contribution in [3.63, 3.8) is 0 Å². The molecule has 1 unspecified atom stereocenters. The number of aromatic nitrogens is 1. The van der Waals surface area contributed by atoms with Crippen LogP contribution in [0.1, 0.15) is 28.4 Å². The minimum Gasteiger partial charge on any atom is -0.487 e. The fourth-order valence-corrected chi connectivity index (χ4v) is 6.53. The highest BCUT2D eigenvalue weighted by atomic mass is 32.2. The van der Waals surface area contributed by atoms with Crippen molar-refractivity contribution in [1.82, 2.24) is 9.88 Å². The fraction of sp³-hybridized carbons (Fsp3) is 0.195. The lowest BCUT2D eigenvalue weighted by Gasteiger charge is -2.33. The molecule has 6 rings (SSSR count). The van der Waals surface area contributed by atoms with E-state index in [4.69, 9.17) is 9.47 Å². The zero-order valence-electron chi connectivity index (χ0n) is 28.6. The molecular formula is C41H40FN3O6S. The van der Waals surface area contributed by atoms with Gasteiger partial charge in [-0.3, -0.25) is 14.6 Å². The number of benzene rings is 5. The summed E-state index contributed by atoms with van der Waals surface area (Å²) in [5.41, 5.74) is 4.18. The third-order valence-corrected chi connectivity index (χ3v) is 9.16. The molecule has 0 saturated carbocycles. The fourth-order valence-electron chi connectivity index (χ4n) is 5.97. The second-order valence-electron chi connectivity index (χ2n) is 12.6. The highest BCUT2D eigenvalue weighted by Gasteiger charge is 2.24. The standard InChI is InChI=1S/C41H40FN3O6S/c1-52(48,49)44-38-23-32(14-19-41(38)50-28-31-10-6-3-7-11-31)39(47)26-45(25-30-8-4-2-5-9-30)34(27-46)22-29-12-16-35(17-13-29)51-40-20-21-43-37-18-15-33(42)24-36(37)40/h2-21,23-24,34,39,44,46-47H,22,25-28H2,1H3/t34-,39?/m0/s1. The van der Waals surface area contributed by atoms with Gasteiger partial charge < -0.3 is 19.7 Å². The van der Waals surface area contributed by atoms with E-state index < -0.39 is 16.1 Å². The average Bonchev–Trinajstić information content (AvgIpc) is 3.14. The Hall–Kier alpha value is -5.33. The van der Waals surface area contributed by atoms with E-state index >= 15 is 0 Å². The molecule has 9 nitrogen and oxygen atoms in total. The summed E-state index contributed by atoms with van der Waals surface area (Å²) in [4.78, 5) is 6.30. The first-order chi connectivity index (χ1) is 25.1.